The number of aromatic nitrogens is 2. The number of unbranched alkanes of at least 4 members (excludes halogenated alkanes) is 1. The predicted molar refractivity (Wildman–Crippen MR) is 124 cm³/mol. The van der Waals surface area contributed by atoms with Gasteiger partial charge in [0, 0.05) is 5.69 Å². The summed E-state index contributed by atoms with van der Waals surface area (Å²) in [7, 11) is 0. The normalized spacial score (nSPS) is 10.4. The van der Waals surface area contributed by atoms with Crippen LogP contribution in [0.4, 0.5) is 28.7 Å². The van der Waals surface area contributed by atoms with E-state index < -0.39 is 10.9 Å². The molecule has 3 rings (SSSR count). The third-order valence-electron chi connectivity index (χ3n) is 4.56. The average molecular weight is 451 g/mol. The fourth-order valence-corrected chi connectivity index (χ4v) is 2.95. The third-order valence-corrected chi connectivity index (χ3v) is 4.56. The number of carbonyl (C=O) groups excluding carboxylic acids is 1. The van der Waals surface area contributed by atoms with Gasteiger partial charge >= 0.3 is 11.7 Å². The molecule has 0 aliphatic heterocycles. The molecule has 10 heteroatoms. The number of carbonyl (C=O) groups is 1. The Balaban J connectivity index is 1.86. The molecule has 3 aromatic rings. The van der Waals surface area contributed by atoms with Crippen molar-refractivity contribution < 1.29 is 19.2 Å². The molecule has 0 radical (unpaired) electrons. The van der Waals surface area contributed by atoms with Crippen molar-refractivity contribution in [2.45, 2.75) is 26.7 Å². The smallest absolute Gasteiger partial charge is 0.353 e. The summed E-state index contributed by atoms with van der Waals surface area (Å²) in [6.07, 6.45) is 3.20. The summed E-state index contributed by atoms with van der Waals surface area (Å²) >= 11 is 0. The van der Waals surface area contributed by atoms with Crippen LogP contribution in [0.2, 0.25) is 0 Å². The molecule has 10 nitrogen and oxygen atoms in total. The number of anilines is 4. The van der Waals surface area contributed by atoms with Crippen LogP contribution in [0.25, 0.3) is 0 Å². The summed E-state index contributed by atoms with van der Waals surface area (Å²) in [5, 5.41) is 17.7. The Labute approximate surface area is 191 Å². The zero-order chi connectivity index (χ0) is 23.6. The van der Waals surface area contributed by atoms with Crippen LogP contribution in [0.3, 0.4) is 0 Å². The van der Waals surface area contributed by atoms with Gasteiger partial charge in [0.15, 0.2) is 0 Å². The van der Waals surface area contributed by atoms with Gasteiger partial charge < -0.3 is 20.1 Å². The van der Waals surface area contributed by atoms with Crippen LogP contribution >= 0.6 is 0 Å². The molecule has 1 aromatic heterocycles. The number of esters is 1. The highest BCUT2D eigenvalue weighted by molar-refractivity contribution is 5.97. The first kappa shape index (κ1) is 23.5. The fourth-order valence-electron chi connectivity index (χ4n) is 2.95. The van der Waals surface area contributed by atoms with Gasteiger partial charge in [0.1, 0.15) is 12.1 Å². The maximum Gasteiger partial charge on any atom is 0.353 e. The maximum atomic E-state index is 12.2. The molecule has 0 saturated heterocycles. The van der Waals surface area contributed by atoms with Crippen molar-refractivity contribution in [3.8, 4) is 5.75 Å². The molecule has 0 unspecified atom stereocenters. The molecular weight excluding hydrogens is 426 g/mol. The van der Waals surface area contributed by atoms with Crippen molar-refractivity contribution in [2.24, 2.45) is 0 Å². The second-order valence-corrected chi connectivity index (χ2v) is 6.92. The predicted octanol–water partition coefficient (Wildman–Crippen LogP) is 5.23. The number of nitro groups is 1. The molecule has 0 saturated carbocycles. The van der Waals surface area contributed by atoms with E-state index in [0.29, 0.717) is 23.7 Å². The molecule has 33 heavy (non-hydrogen) atoms. The Kier molecular flexibility index (Phi) is 8.12. The summed E-state index contributed by atoms with van der Waals surface area (Å²) in [5.41, 5.74) is 0.801. The average Bonchev–Trinajstić information content (AvgIpc) is 2.81. The van der Waals surface area contributed by atoms with Crippen molar-refractivity contribution in [3.05, 3.63) is 70.5 Å². The van der Waals surface area contributed by atoms with E-state index in [2.05, 4.69) is 27.5 Å². The second kappa shape index (κ2) is 11.4. The fraction of sp³-hybridized carbons (Fsp3) is 0.261. The minimum atomic E-state index is -0.583. The van der Waals surface area contributed by atoms with Gasteiger partial charge in [-0.15, -0.1) is 0 Å². The van der Waals surface area contributed by atoms with Crippen molar-refractivity contribution in [1.82, 2.24) is 9.97 Å². The van der Waals surface area contributed by atoms with Crippen LogP contribution in [0.15, 0.2) is 54.9 Å². The molecule has 2 N–H and O–H groups in total. The topological polar surface area (TPSA) is 129 Å². The highest BCUT2D eigenvalue weighted by Gasteiger charge is 2.24. The van der Waals surface area contributed by atoms with Crippen LogP contribution in [0, 0.1) is 10.1 Å². The van der Waals surface area contributed by atoms with Crippen LogP contribution in [0.5, 0.6) is 5.75 Å². The molecule has 0 aliphatic carbocycles. The standard InChI is InChI=1S/C23H25N5O5/c1-3-5-14-33-17-12-10-16(11-13-17)26-21-20(28(30)31)22(25-15-24-21)27-19-9-7-6-8-18(19)23(29)32-4-2/h6-13,15H,3-5,14H2,1-2H3,(H2,24,25,26,27). The van der Waals surface area contributed by atoms with Gasteiger partial charge in [-0.25, -0.2) is 14.8 Å². The third kappa shape index (κ3) is 6.16. The van der Waals surface area contributed by atoms with E-state index in [1.54, 1.807) is 55.5 Å². The number of nitrogens with one attached hydrogen (secondary N) is 2. The van der Waals surface area contributed by atoms with Gasteiger partial charge in [0.05, 0.1) is 29.4 Å². The van der Waals surface area contributed by atoms with E-state index in [1.807, 2.05) is 0 Å². The van der Waals surface area contributed by atoms with Gasteiger partial charge in [-0.05, 0) is 49.7 Å². The first-order valence-corrected chi connectivity index (χ1v) is 10.6. The van der Waals surface area contributed by atoms with Gasteiger partial charge in [-0.2, -0.15) is 0 Å². The lowest BCUT2D eigenvalue weighted by molar-refractivity contribution is -0.383. The summed E-state index contributed by atoms with van der Waals surface area (Å²) in [6, 6.07) is 13.6. The Morgan fingerprint density at radius 2 is 1.73 bits per heavy atom. The van der Waals surface area contributed by atoms with E-state index in [4.69, 9.17) is 9.47 Å². The molecule has 0 aliphatic rings. The number of hydrogen-bond donors (Lipinski definition) is 2. The highest BCUT2D eigenvalue weighted by atomic mass is 16.6. The second-order valence-electron chi connectivity index (χ2n) is 6.92. The minimum Gasteiger partial charge on any atom is -0.494 e. The molecule has 2 aromatic carbocycles. The lowest BCUT2D eigenvalue weighted by Gasteiger charge is -2.13. The van der Waals surface area contributed by atoms with Crippen LogP contribution in [-0.4, -0.2) is 34.1 Å². The number of rotatable bonds is 11. The Morgan fingerprint density at radius 3 is 2.39 bits per heavy atom. The lowest BCUT2D eigenvalue weighted by Crippen LogP contribution is -2.10. The molecular formula is C23H25N5O5. The Bertz CT molecular complexity index is 1100. The molecule has 0 fully saturated rings. The van der Waals surface area contributed by atoms with Gasteiger partial charge in [-0.1, -0.05) is 25.5 Å². The SMILES string of the molecule is CCCCOc1ccc(Nc2ncnc(Nc3ccccc3C(=O)OCC)c2[N+](=O)[O-])cc1. The molecule has 0 atom stereocenters. The minimum absolute atomic E-state index is 0.00534. The van der Waals surface area contributed by atoms with E-state index >= 15 is 0 Å². The van der Waals surface area contributed by atoms with Crippen LogP contribution in [-0.2, 0) is 4.74 Å². The zero-order valence-corrected chi connectivity index (χ0v) is 18.4. The molecule has 0 amide bonds. The maximum absolute atomic E-state index is 12.2. The molecule has 0 bridgehead atoms. The first-order chi connectivity index (χ1) is 16.0. The quantitative estimate of drug-likeness (QED) is 0.174. The summed E-state index contributed by atoms with van der Waals surface area (Å²) < 4.78 is 10.7. The van der Waals surface area contributed by atoms with Crippen molar-refractivity contribution >= 4 is 34.7 Å². The summed E-state index contributed by atoms with van der Waals surface area (Å²) in [5.74, 6) is 0.112. The zero-order valence-electron chi connectivity index (χ0n) is 18.4. The van der Waals surface area contributed by atoms with Crippen LogP contribution in [0.1, 0.15) is 37.0 Å². The lowest BCUT2D eigenvalue weighted by atomic mass is 10.2. The van der Waals surface area contributed by atoms with Crippen molar-refractivity contribution in [3.63, 3.8) is 0 Å². The van der Waals surface area contributed by atoms with Crippen molar-refractivity contribution in [2.75, 3.05) is 23.8 Å². The van der Waals surface area contributed by atoms with E-state index in [-0.39, 0.29) is 29.5 Å². The number of ether oxygens (including phenoxy) is 2. The number of nitrogens with zero attached hydrogens (tertiary/aromatic N) is 3. The van der Waals surface area contributed by atoms with Crippen LogP contribution < -0.4 is 15.4 Å². The Hall–Kier alpha value is -4.21. The molecule has 1 heterocycles. The first-order valence-electron chi connectivity index (χ1n) is 10.6. The number of hydrogen-bond acceptors (Lipinski definition) is 9. The van der Waals surface area contributed by atoms with E-state index in [9.17, 15) is 14.9 Å². The number of benzene rings is 2. The Morgan fingerprint density at radius 1 is 1.03 bits per heavy atom. The largest absolute Gasteiger partial charge is 0.494 e. The van der Waals surface area contributed by atoms with E-state index in [0.717, 1.165) is 12.8 Å². The summed E-state index contributed by atoms with van der Waals surface area (Å²) in [6.45, 7) is 4.62. The number of para-hydroxylation sites is 1. The van der Waals surface area contributed by atoms with E-state index in [1.165, 1.54) is 6.33 Å². The monoisotopic (exact) mass is 451 g/mol. The van der Waals surface area contributed by atoms with Gasteiger partial charge in [0.2, 0.25) is 11.6 Å². The molecule has 172 valence electrons. The van der Waals surface area contributed by atoms with Crippen molar-refractivity contribution in [1.29, 1.82) is 0 Å². The molecule has 0 spiro atoms. The summed E-state index contributed by atoms with van der Waals surface area (Å²) in [4.78, 5) is 31.6. The van der Waals surface area contributed by atoms with Gasteiger partial charge in [-0.3, -0.25) is 10.1 Å². The van der Waals surface area contributed by atoms with Gasteiger partial charge in [0.25, 0.3) is 0 Å². The highest BCUT2D eigenvalue weighted by Crippen LogP contribution is 2.34.